The molecule has 1 saturated heterocycles. The van der Waals surface area contributed by atoms with Gasteiger partial charge in [-0.1, -0.05) is 0 Å². The Kier molecular flexibility index (Phi) is 6.19. The van der Waals surface area contributed by atoms with Gasteiger partial charge >= 0.3 is 0 Å². The van der Waals surface area contributed by atoms with Crippen molar-refractivity contribution in [2.24, 2.45) is 0 Å². The first-order chi connectivity index (χ1) is 12.9. The Bertz CT molecular complexity index is 787. The second kappa shape index (κ2) is 8.42. The van der Waals surface area contributed by atoms with E-state index in [0.717, 1.165) is 66.5 Å². The fourth-order valence-corrected chi connectivity index (χ4v) is 3.76. The van der Waals surface area contributed by atoms with Gasteiger partial charge in [-0.25, -0.2) is 4.98 Å². The number of aliphatic hydroxyl groups excluding tert-OH is 1. The van der Waals surface area contributed by atoms with E-state index in [-0.39, 0.29) is 6.61 Å². The van der Waals surface area contributed by atoms with Crippen LogP contribution in [0.4, 0.5) is 0 Å². The van der Waals surface area contributed by atoms with Gasteiger partial charge in [-0.15, -0.1) is 0 Å². The molecule has 1 aliphatic heterocycles. The summed E-state index contributed by atoms with van der Waals surface area (Å²) in [5.41, 5.74) is 4.17. The summed E-state index contributed by atoms with van der Waals surface area (Å²) in [6, 6.07) is 4.50. The number of hydrogen-bond acceptors (Lipinski definition) is 6. The molecule has 1 aliphatic rings. The maximum absolute atomic E-state index is 9.29. The summed E-state index contributed by atoms with van der Waals surface area (Å²) in [5.74, 6) is 2.43. The molecule has 6 heteroatoms. The molecule has 1 aromatic carbocycles. The van der Waals surface area contributed by atoms with Gasteiger partial charge in [-0.3, -0.25) is 4.90 Å². The van der Waals surface area contributed by atoms with E-state index in [9.17, 15) is 5.11 Å². The second-order valence-corrected chi connectivity index (χ2v) is 7.54. The van der Waals surface area contributed by atoms with Crippen LogP contribution in [-0.2, 0) is 6.54 Å². The molecule has 1 aromatic heterocycles. The van der Waals surface area contributed by atoms with E-state index in [2.05, 4.69) is 29.8 Å². The van der Waals surface area contributed by atoms with Crippen molar-refractivity contribution in [1.29, 1.82) is 0 Å². The molecule has 3 rings (SSSR count). The first-order valence-corrected chi connectivity index (χ1v) is 9.58. The molecule has 1 atom stereocenters. The minimum absolute atomic E-state index is 0.228. The molecule has 148 valence electrons. The molecule has 2 aromatic rings. The average Bonchev–Trinajstić information content (AvgIpc) is 3.00. The van der Waals surface area contributed by atoms with Gasteiger partial charge in [-0.05, 0) is 57.5 Å². The Morgan fingerprint density at radius 2 is 2.00 bits per heavy atom. The highest BCUT2D eigenvalue weighted by atomic mass is 16.5. The standard InChI is InChI=1S/C21H31N3O3/c1-14-11-20(26-5)15(2)10-18(14)21-22-19(16(3)27-21)13-24-8-7-23(4)17(12-24)6-9-25/h10-11,17,25H,6-9,12-13H2,1-5H3. The number of nitrogens with zero attached hydrogens (tertiary/aromatic N) is 3. The minimum Gasteiger partial charge on any atom is -0.496 e. The van der Waals surface area contributed by atoms with E-state index in [0.29, 0.717) is 11.9 Å². The number of hydrogen-bond donors (Lipinski definition) is 1. The highest BCUT2D eigenvalue weighted by Crippen LogP contribution is 2.31. The maximum Gasteiger partial charge on any atom is 0.226 e. The van der Waals surface area contributed by atoms with Crippen LogP contribution in [0.3, 0.4) is 0 Å². The Morgan fingerprint density at radius 1 is 1.22 bits per heavy atom. The minimum atomic E-state index is 0.228. The summed E-state index contributed by atoms with van der Waals surface area (Å²) in [6.07, 6.45) is 0.806. The van der Waals surface area contributed by atoms with Gasteiger partial charge in [0.25, 0.3) is 0 Å². The molecule has 0 saturated carbocycles. The van der Waals surface area contributed by atoms with Crippen molar-refractivity contribution in [1.82, 2.24) is 14.8 Å². The molecule has 27 heavy (non-hydrogen) atoms. The van der Waals surface area contributed by atoms with Crippen LogP contribution in [0, 0.1) is 20.8 Å². The summed E-state index contributed by atoms with van der Waals surface area (Å²) in [7, 11) is 3.82. The van der Waals surface area contributed by atoms with E-state index in [4.69, 9.17) is 14.1 Å². The van der Waals surface area contributed by atoms with Crippen LogP contribution in [-0.4, -0.2) is 66.3 Å². The molecule has 0 aliphatic carbocycles. The smallest absolute Gasteiger partial charge is 0.226 e. The maximum atomic E-state index is 9.29. The highest BCUT2D eigenvalue weighted by molar-refractivity contribution is 5.62. The quantitative estimate of drug-likeness (QED) is 0.840. The van der Waals surface area contributed by atoms with Crippen molar-refractivity contribution in [2.45, 2.75) is 39.8 Å². The lowest BCUT2D eigenvalue weighted by Crippen LogP contribution is -2.51. The number of aromatic nitrogens is 1. The fourth-order valence-electron chi connectivity index (χ4n) is 3.76. The lowest BCUT2D eigenvalue weighted by atomic mass is 10.0. The number of ether oxygens (including phenoxy) is 1. The number of likely N-dealkylation sites (N-methyl/N-ethyl adjacent to an activating group) is 1. The summed E-state index contributed by atoms with van der Waals surface area (Å²) in [5, 5.41) is 9.29. The predicted molar refractivity (Wildman–Crippen MR) is 106 cm³/mol. The molecular weight excluding hydrogens is 342 g/mol. The number of aliphatic hydroxyl groups is 1. The molecule has 2 heterocycles. The van der Waals surface area contributed by atoms with Crippen molar-refractivity contribution < 1.29 is 14.3 Å². The van der Waals surface area contributed by atoms with Crippen LogP contribution in [0.15, 0.2) is 16.5 Å². The van der Waals surface area contributed by atoms with Crippen LogP contribution in [0.5, 0.6) is 5.75 Å². The van der Waals surface area contributed by atoms with E-state index in [1.54, 1.807) is 7.11 Å². The van der Waals surface area contributed by atoms with Gasteiger partial charge in [0.05, 0.1) is 12.8 Å². The Morgan fingerprint density at radius 3 is 2.70 bits per heavy atom. The summed E-state index contributed by atoms with van der Waals surface area (Å²) in [6.45, 7) is 10.0. The summed E-state index contributed by atoms with van der Waals surface area (Å²) >= 11 is 0. The molecule has 0 amide bonds. The van der Waals surface area contributed by atoms with Gasteiger partial charge < -0.3 is 19.2 Å². The SMILES string of the molecule is COc1cc(C)c(-c2nc(CN3CCN(C)C(CCO)C3)c(C)o2)cc1C. The largest absolute Gasteiger partial charge is 0.496 e. The lowest BCUT2D eigenvalue weighted by molar-refractivity contribution is 0.0734. The fraction of sp³-hybridized carbons (Fsp3) is 0.571. The van der Waals surface area contributed by atoms with Gasteiger partial charge in [0, 0.05) is 44.4 Å². The number of oxazole rings is 1. The third-order valence-electron chi connectivity index (χ3n) is 5.56. The van der Waals surface area contributed by atoms with Crippen LogP contribution in [0.25, 0.3) is 11.5 Å². The van der Waals surface area contributed by atoms with Crippen LogP contribution in [0.1, 0.15) is 29.0 Å². The third kappa shape index (κ3) is 4.34. The summed E-state index contributed by atoms with van der Waals surface area (Å²) in [4.78, 5) is 9.54. The second-order valence-electron chi connectivity index (χ2n) is 7.54. The molecule has 0 spiro atoms. The topological polar surface area (TPSA) is 62.0 Å². The lowest BCUT2D eigenvalue weighted by Gasteiger charge is -2.39. The zero-order chi connectivity index (χ0) is 19.6. The Hall–Kier alpha value is -1.89. The molecule has 1 N–H and O–H groups in total. The molecule has 1 fully saturated rings. The van der Waals surface area contributed by atoms with Crippen molar-refractivity contribution in [3.05, 3.63) is 34.7 Å². The number of piperazine rings is 1. The van der Waals surface area contributed by atoms with Crippen molar-refractivity contribution >= 4 is 0 Å². The zero-order valence-corrected chi connectivity index (χ0v) is 17.1. The van der Waals surface area contributed by atoms with Gasteiger partial charge in [0.15, 0.2) is 0 Å². The molecule has 6 nitrogen and oxygen atoms in total. The van der Waals surface area contributed by atoms with Crippen LogP contribution >= 0.6 is 0 Å². The highest BCUT2D eigenvalue weighted by Gasteiger charge is 2.25. The normalized spacial score (nSPS) is 18.8. The number of methoxy groups -OCH3 is 1. The van der Waals surface area contributed by atoms with E-state index < -0.39 is 0 Å². The van der Waals surface area contributed by atoms with E-state index in [1.165, 1.54) is 0 Å². The third-order valence-corrected chi connectivity index (χ3v) is 5.56. The summed E-state index contributed by atoms with van der Waals surface area (Å²) < 4.78 is 11.4. The average molecular weight is 373 g/mol. The zero-order valence-electron chi connectivity index (χ0n) is 17.1. The molecular formula is C21H31N3O3. The van der Waals surface area contributed by atoms with E-state index >= 15 is 0 Å². The van der Waals surface area contributed by atoms with Gasteiger partial charge in [0.2, 0.25) is 5.89 Å². The Labute approximate surface area is 161 Å². The van der Waals surface area contributed by atoms with Gasteiger partial charge in [-0.2, -0.15) is 0 Å². The van der Waals surface area contributed by atoms with Gasteiger partial charge in [0.1, 0.15) is 11.5 Å². The predicted octanol–water partition coefficient (Wildman–Crippen LogP) is 2.77. The molecule has 0 radical (unpaired) electrons. The number of rotatable bonds is 6. The first-order valence-electron chi connectivity index (χ1n) is 9.58. The first kappa shape index (κ1) is 19.9. The van der Waals surface area contributed by atoms with Crippen LogP contribution < -0.4 is 4.74 Å². The number of benzene rings is 1. The number of aryl methyl sites for hydroxylation is 3. The van der Waals surface area contributed by atoms with Crippen molar-refractivity contribution in [2.75, 3.05) is 40.4 Å². The monoisotopic (exact) mass is 373 g/mol. The van der Waals surface area contributed by atoms with Crippen LogP contribution in [0.2, 0.25) is 0 Å². The van der Waals surface area contributed by atoms with E-state index in [1.807, 2.05) is 19.9 Å². The Balaban J connectivity index is 1.78. The van der Waals surface area contributed by atoms with Crippen molar-refractivity contribution in [3.63, 3.8) is 0 Å². The molecule has 0 bridgehead atoms. The van der Waals surface area contributed by atoms with Crippen molar-refractivity contribution in [3.8, 4) is 17.2 Å². The molecule has 1 unspecified atom stereocenters.